The minimum absolute atomic E-state index is 0.393. The topological polar surface area (TPSA) is 9.86 Å². The van der Waals surface area contributed by atoms with Crippen molar-refractivity contribution in [3.05, 3.63) is 239 Å². The van der Waals surface area contributed by atoms with Gasteiger partial charge in [0.05, 0.1) is 16.4 Å². The highest BCUT2D eigenvalue weighted by atomic mass is 15.0. The molecule has 0 amide bonds. The molecule has 0 fully saturated rings. The summed E-state index contributed by atoms with van der Waals surface area (Å²) in [5.41, 5.74) is 23.0. The lowest BCUT2D eigenvalue weighted by Crippen LogP contribution is -2.31. The van der Waals surface area contributed by atoms with Crippen LogP contribution >= 0.6 is 0 Å². The number of aromatic nitrogens is 2. The van der Waals surface area contributed by atoms with Gasteiger partial charge in [0.2, 0.25) is 0 Å². The molecule has 2 heterocycles. The zero-order chi connectivity index (χ0) is 41.5. The van der Waals surface area contributed by atoms with Crippen molar-refractivity contribution < 1.29 is 0 Å². The minimum atomic E-state index is -0.393. The molecule has 0 N–H and O–H groups in total. The molecule has 0 atom stereocenters. The van der Waals surface area contributed by atoms with Crippen molar-refractivity contribution in [2.75, 3.05) is 0 Å². The second kappa shape index (κ2) is 14.2. The molecule has 0 unspecified atom stereocenters. The fourth-order valence-electron chi connectivity index (χ4n) is 11.7. The van der Waals surface area contributed by atoms with Gasteiger partial charge >= 0.3 is 0 Å². The van der Waals surface area contributed by atoms with Gasteiger partial charge in [-0.15, -0.1) is 0 Å². The number of nitrogens with zero attached hydrogens (tertiary/aromatic N) is 2. The van der Waals surface area contributed by atoms with Crippen molar-refractivity contribution in [3.63, 3.8) is 0 Å². The van der Waals surface area contributed by atoms with E-state index >= 15 is 0 Å². The number of hydrogen-bond donors (Lipinski definition) is 0. The van der Waals surface area contributed by atoms with E-state index in [1.165, 1.54) is 100 Å². The Morgan fingerprint density at radius 3 is 2.11 bits per heavy atom. The summed E-state index contributed by atoms with van der Waals surface area (Å²) >= 11 is 0. The first-order valence-corrected chi connectivity index (χ1v) is 22.6. The second-order valence-electron chi connectivity index (χ2n) is 17.5. The molecular formula is C61H44N2. The van der Waals surface area contributed by atoms with Crippen molar-refractivity contribution in [2.45, 2.75) is 43.9 Å². The van der Waals surface area contributed by atoms with E-state index < -0.39 is 5.41 Å². The van der Waals surface area contributed by atoms with Crippen molar-refractivity contribution in [2.24, 2.45) is 0 Å². The number of fused-ring (bicyclic) bond motifs is 9. The van der Waals surface area contributed by atoms with Crippen molar-refractivity contribution in [1.82, 2.24) is 9.13 Å². The van der Waals surface area contributed by atoms with Crippen LogP contribution in [0.15, 0.2) is 188 Å². The lowest BCUT2D eigenvalue weighted by Gasteiger charge is -2.37. The lowest BCUT2D eigenvalue weighted by atomic mass is 9.64. The number of allylic oxidation sites excluding steroid dienone is 6. The predicted molar refractivity (Wildman–Crippen MR) is 262 cm³/mol. The normalized spacial score (nSPS) is 15.6. The minimum Gasteiger partial charge on any atom is -0.313 e. The van der Waals surface area contributed by atoms with Gasteiger partial charge in [-0.3, -0.25) is 0 Å². The van der Waals surface area contributed by atoms with Crippen LogP contribution in [0.2, 0.25) is 0 Å². The lowest BCUT2D eigenvalue weighted by molar-refractivity contribution is 0.686. The van der Waals surface area contributed by atoms with Gasteiger partial charge in [0.1, 0.15) is 0 Å². The van der Waals surface area contributed by atoms with E-state index in [0.29, 0.717) is 0 Å². The molecule has 7 aromatic carbocycles. The molecule has 0 radical (unpaired) electrons. The second-order valence-corrected chi connectivity index (χ2v) is 17.5. The molecule has 2 aromatic heterocycles. The Morgan fingerprint density at radius 1 is 0.524 bits per heavy atom. The maximum atomic E-state index is 3.33. The van der Waals surface area contributed by atoms with Crippen LogP contribution in [0.4, 0.5) is 0 Å². The van der Waals surface area contributed by atoms with Gasteiger partial charge in [-0.2, -0.15) is 0 Å². The molecule has 0 bridgehead atoms. The SMILES string of the molecule is c1cccc(-c2cccc(-n3c4c(c5c(-c6ccc7c(c6)c6c(n7C7=CCCC=C7)CCC(C7(c8ccccc8)c8ccccc8-c8ccccc87)=C6)cccc53)C=CCC4)c2)c#1. The first-order valence-electron chi connectivity index (χ1n) is 22.6. The largest absolute Gasteiger partial charge is 0.313 e. The van der Waals surface area contributed by atoms with E-state index in [0.717, 1.165) is 49.7 Å². The van der Waals surface area contributed by atoms with Crippen LogP contribution in [0.25, 0.3) is 78.7 Å². The average molecular weight is 805 g/mol. The monoisotopic (exact) mass is 804 g/mol. The maximum Gasteiger partial charge on any atom is 0.0676 e. The molecule has 13 rings (SSSR count). The summed E-state index contributed by atoms with van der Waals surface area (Å²) in [5.74, 6) is 0. The first-order chi connectivity index (χ1) is 31.3. The number of rotatable bonds is 6. The summed E-state index contributed by atoms with van der Waals surface area (Å²) in [6.45, 7) is 0. The molecule has 0 spiro atoms. The molecule has 2 heteroatoms. The van der Waals surface area contributed by atoms with E-state index in [2.05, 4.69) is 203 Å². The van der Waals surface area contributed by atoms with Gasteiger partial charge in [0, 0.05) is 50.2 Å². The molecule has 4 aliphatic carbocycles. The Hall–Kier alpha value is -7.60. The van der Waals surface area contributed by atoms with E-state index in [1.54, 1.807) is 0 Å². The van der Waals surface area contributed by atoms with Crippen LogP contribution < -0.4 is 0 Å². The molecule has 4 aliphatic rings. The van der Waals surface area contributed by atoms with Gasteiger partial charge in [-0.05, 0) is 137 Å². The van der Waals surface area contributed by atoms with Crippen LogP contribution in [0.3, 0.4) is 0 Å². The van der Waals surface area contributed by atoms with E-state index in [1.807, 2.05) is 12.1 Å². The molecule has 2 nitrogen and oxygen atoms in total. The van der Waals surface area contributed by atoms with Gasteiger partial charge in [-0.25, -0.2) is 0 Å². The quantitative estimate of drug-likeness (QED) is 0.158. The summed E-state index contributed by atoms with van der Waals surface area (Å²) in [5, 5.41) is 2.63. The van der Waals surface area contributed by atoms with Gasteiger partial charge in [0.25, 0.3) is 0 Å². The van der Waals surface area contributed by atoms with Crippen LogP contribution in [0.1, 0.15) is 64.9 Å². The Labute approximate surface area is 369 Å². The standard InChI is InChI=1S/C61H44N2/c1-4-18-41(19-5-1)42-20-16-25-47(38-42)63-56-32-15-12-28-51(56)60-48(29-17-33-59(60)63)43-34-36-57-52(39-43)53-40-45(35-37-58(53)62(57)46-23-8-3-9-24-46)61(44-21-6-2-7-22-44)54-30-13-10-26-49(54)50-27-11-14-31-55(50)61/h1-2,4,6-8,10-14,16-18,20-31,33-34,36,38-40H,3,9,15,32,35,37H2. The van der Waals surface area contributed by atoms with E-state index in [9.17, 15) is 0 Å². The molecule has 0 saturated heterocycles. The van der Waals surface area contributed by atoms with E-state index in [4.69, 9.17) is 0 Å². The maximum absolute atomic E-state index is 3.33. The number of benzene rings is 6. The molecule has 63 heavy (non-hydrogen) atoms. The number of hydrogen-bond acceptors (Lipinski definition) is 0. The van der Waals surface area contributed by atoms with Crippen molar-refractivity contribution in [1.29, 1.82) is 0 Å². The van der Waals surface area contributed by atoms with Crippen molar-refractivity contribution >= 4 is 39.7 Å². The molecule has 0 saturated carbocycles. The Balaban J connectivity index is 1.05. The van der Waals surface area contributed by atoms with Gasteiger partial charge in [-0.1, -0.05) is 158 Å². The summed E-state index contributed by atoms with van der Waals surface area (Å²) in [7, 11) is 0. The van der Waals surface area contributed by atoms with Crippen molar-refractivity contribution in [3.8, 4) is 39.1 Å². The van der Waals surface area contributed by atoms with Gasteiger partial charge < -0.3 is 9.13 Å². The summed E-state index contributed by atoms with van der Waals surface area (Å²) in [6.07, 6.45) is 20.6. The van der Waals surface area contributed by atoms with Crippen LogP contribution in [0, 0.1) is 12.1 Å². The Morgan fingerprint density at radius 2 is 1.30 bits per heavy atom. The fraction of sp³-hybridized carbons (Fsp3) is 0.115. The smallest absolute Gasteiger partial charge is 0.0676 e. The summed E-state index contributed by atoms with van der Waals surface area (Å²) < 4.78 is 5.10. The van der Waals surface area contributed by atoms with Crippen LogP contribution in [0.5, 0.6) is 0 Å². The summed E-state index contributed by atoms with van der Waals surface area (Å²) in [4.78, 5) is 0. The highest BCUT2D eigenvalue weighted by Gasteiger charge is 2.47. The zero-order valence-electron chi connectivity index (χ0n) is 35.1. The first kappa shape index (κ1) is 36.1. The molecular weight excluding hydrogens is 761 g/mol. The van der Waals surface area contributed by atoms with E-state index in [-0.39, 0.29) is 0 Å². The highest BCUT2D eigenvalue weighted by Crippen LogP contribution is 2.58. The highest BCUT2D eigenvalue weighted by molar-refractivity contribution is 6.06. The van der Waals surface area contributed by atoms with Gasteiger partial charge in [0.15, 0.2) is 0 Å². The Bertz CT molecular complexity index is 3390. The molecule has 0 aliphatic heterocycles. The Kier molecular flexibility index (Phi) is 8.15. The third-order valence-electron chi connectivity index (χ3n) is 14.3. The third kappa shape index (κ3) is 5.33. The summed E-state index contributed by atoms with van der Waals surface area (Å²) in [6, 6.07) is 65.3. The third-order valence-corrected chi connectivity index (χ3v) is 14.3. The van der Waals surface area contributed by atoms with Crippen LogP contribution in [-0.4, -0.2) is 9.13 Å². The van der Waals surface area contributed by atoms with Crippen LogP contribution in [-0.2, 0) is 18.3 Å². The predicted octanol–water partition coefficient (Wildman–Crippen LogP) is 15.0. The molecule has 9 aromatic rings. The fourth-order valence-corrected chi connectivity index (χ4v) is 11.7. The molecule has 298 valence electrons. The average Bonchev–Trinajstić information content (AvgIpc) is 3.99. The zero-order valence-corrected chi connectivity index (χ0v) is 35.1.